The van der Waals surface area contributed by atoms with Crippen molar-refractivity contribution in [3.8, 4) is 0 Å². The Hall–Kier alpha value is -0.970. The van der Waals surface area contributed by atoms with E-state index in [-0.39, 0.29) is 22.4 Å². The van der Waals surface area contributed by atoms with E-state index in [0.717, 1.165) is 17.3 Å². The molecule has 21 heavy (non-hydrogen) atoms. The number of nitrogens with two attached hydrogens (primary N) is 1. The number of para-hydroxylation sites is 1. The van der Waals surface area contributed by atoms with Crippen LogP contribution in [0.3, 0.4) is 0 Å². The van der Waals surface area contributed by atoms with Gasteiger partial charge in [-0.25, -0.2) is 13.1 Å². The van der Waals surface area contributed by atoms with E-state index in [1.165, 1.54) is 18.2 Å². The fourth-order valence-electron chi connectivity index (χ4n) is 1.89. The standard InChI is InChI=1S/C11H15N3O4S3/c12-9-2-1-3-10(11(9)14(15)16)21(17,18)13-6-8-7-19-4-5-20-8/h1-3,8,13H,4-7,12H2. The molecule has 0 bridgehead atoms. The van der Waals surface area contributed by atoms with Crippen LogP contribution >= 0.6 is 23.5 Å². The molecular formula is C11H15N3O4S3. The summed E-state index contributed by atoms with van der Waals surface area (Å²) >= 11 is 3.48. The zero-order valence-electron chi connectivity index (χ0n) is 11.0. The maximum Gasteiger partial charge on any atom is 0.312 e. The van der Waals surface area contributed by atoms with E-state index in [9.17, 15) is 18.5 Å². The van der Waals surface area contributed by atoms with E-state index in [1.54, 1.807) is 23.5 Å². The molecule has 1 aliphatic heterocycles. The zero-order valence-corrected chi connectivity index (χ0v) is 13.5. The molecule has 1 aliphatic rings. The SMILES string of the molecule is Nc1cccc(S(=O)(=O)NCC2CSCCS2)c1[N+](=O)[O-]. The molecule has 3 N–H and O–H groups in total. The van der Waals surface area contributed by atoms with Crippen molar-refractivity contribution in [2.24, 2.45) is 0 Å². The fraction of sp³-hybridized carbons (Fsp3) is 0.455. The number of thioether (sulfide) groups is 2. The Morgan fingerprint density at radius 2 is 2.19 bits per heavy atom. The molecule has 1 heterocycles. The van der Waals surface area contributed by atoms with Crippen LogP contribution in [0.5, 0.6) is 0 Å². The van der Waals surface area contributed by atoms with Crippen LogP contribution in [-0.4, -0.2) is 42.4 Å². The quantitative estimate of drug-likeness (QED) is 0.468. The van der Waals surface area contributed by atoms with Crippen molar-refractivity contribution >= 4 is 44.9 Å². The first-order chi connectivity index (χ1) is 9.92. The van der Waals surface area contributed by atoms with Gasteiger partial charge in [0.15, 0.2) is 4.90 Å². The van der Waals surface area contributed by atoms with Gasteiger partial charge in [-0.1, -0.05) is 6.07 Å². The molecule has 0 saturated carbocycles. The molecule has 0 aromatic heterocycles. The van der Waals surface area contributed by atoms with Gasteiger partial charge in [0, 0.05) is 29.1 Å². The Labute approximate surface area is 131 Å². The highest BCUT2D eigenvalue weighted by Crippen LogP contribution is 2.30. The number of hydrogen-bond acceptors (Lipinski definition) is 7. The molecule has 116 valence electrons. The fourth-order valence-corrected chi connectivity index (χ4v) is 5.88. The zero-order chi connectivity index (χ0) is 15.5. The Morgan fingerprint density at radius 3 is 2.81 bits per heavy atom. The van der Waals surface area contributed by atoms with Gasteiger partial charge in [-0.15, -0.1) is 0 Å². The van der Waals surface area contributed by atoms with Crippen LogP contribution in [0.1, 0.15) is 0 Å². The van der Waals surface area contributed by atoms with Crippen LogP contribution in [0.4, 0.5) is 11.4 Å². The van der Waals surface area contributed by atoms with E-state index in [0.29, 0.717) is 0 Å². The number of benzene rings is 1. The summed E-state index contributed by atoms with van der Waals surface area (Å²) in [6, 6.07) is 3.90. The molecule has 1 fully saturated rings. The van der Waals surface area contributed by atoms with E-state index in [2.05, 4.69) is 4.72 Å². The van der Waals surface area contributed by atoms with Gasteiger partial charge in [0.1, 0.15) is 5.69 Å². The van der Waals surface area contributed by atoms with Crippen LogP contribution < -0.4 is 10.5 Å². The van der Waals surface area contributed by atoms with E-state index >= 15 is 0 Å². The first-order valence-corrected chi connectivity index (χ1v) is 9.82. The number of nitrogens with zero attached hydrogens (tertiary/aromatic N) is 1. The van der Waals surface area contributed by atoms with Crippen LogP contribution in [0.25, 0.3) is 0 Å². The number of sulfonamides is 1. The molecule has 0 radical (unpaired) electrons. The summed E-state index contributed by atoms with van der Waals surface area (Å²) in [4.78, 5) is 9.86. The molecule has 1 unspecified atom stereocenters. The third kappa shape index (κ3) is 4.02. The lowest BCUT2D eigenvalue weighted by atomic mass is 10.3. The van der Waals surface area contributed by atoms with Crippen molar-refractivity contribution in [1.29, 1.82) is 0 Å². The Balaban J connectivity index is 2.19. The minimum absolute atomic E-state index is 0.162. The van der Waals surface area contributed by atoms with Gasteiger partial charge in [-0.05, 0) is 12.1 Å². The maximum absolute atomic E-state index is 12.3. The largest absolute Gasteiger partial charge is 0.393 e. The number of nitrogen functional groups attached to an aromatic ring is 1. The normalized spacial score (nSPS) is 19.3. The molecule has 1 atom stereocenters. The number of hydrogen-bond donors (Lipinski definition) is 2. The van der Waals surface area contributed by atoms with Gasteiger partial charge in [0.25, 0.3) is 0 Å². The second-order valence-electron chi connectivity index (χ2n) is 4.37. The number of rotatable bonds is 5. The third-order valence-corrected chi connectivity index (χ3v) is 7.19. The summed E-state index contributed by atoms with van der Waals surface area (Å²) in [6.45, 7) is 0.256. The molecule has 0 aliphatic carbocycles. The van der Waals surface area contributed by atoms with Crippen molar-refractivity contribution in [2.75, 3.05) is 29.5 Å². The van der Waals surface area contributed by atoms with Gasteiger partial charge in [0.2, 0.25) is 10.0 Å². The summed E-state index contributed by atoms with van der Waals surface area (Å²) in [5, 5.41) is 11.2. The van der Waals surface area contributed by atoms with E-state index in [4.69, 9.17) is 5.73 Å². The first kappa shape index (κ1) is 16.4. The molecule has 0 spiro atoms. The topological polar surface area (TPSA) is 115 Å². The van der Waals surface area contributed by atoms with Crippen molar-refractivity contribution < 1.29 is 13.3 Å². The van der Waals surface area contributed by atoms with Crippen LogP contribution in [0, 0.1) is 10.1 Å². The lowest BCUT2D eigenvalue weighted by Crippen LogP contribution is -2.33. The van der Waals surface area contributed by atoms with Crippen molar-refractivity contribution in [2.45, 2.75) is 10.1 Å². The average molecular weight is 349 g/mol. The number of nitro benzene ring substituents is 1. The van der Waals surface area contributed by atoms with Gasteiger partial charge >= 0.3 is 5.69 Å². The van der Waals surface area contributed by atoms with Crippen molar-refractivity contribution in [3.05, 3.63) is 28.3 Å². The molecule has 0 amide bonds. The van der Waals surface area contributed by atoms with E-state index < -0.39 is 20.6 Å². The van der Waals surface area contributed by atoms with Gasteiger partial charge in [-0.3, -0.25) is 10.1 Å². The highest BCUT2D eigenvalue weighted by Gasteiger charge is 2.28. The molecule has 1 aromatic carbocycles. The average Bonchev–Trinajstić information content (AvgIpc) is 2.46. The second-order valence-corrected chi connectivity index (χ2v) is 8.66. The minimum atomic E-state index is -3.95. The van der Waals surface area contributed by atoms with Crippen LogP contribution in [-0.2, 0) is 10.0 Å². The van der Waals surface area contributed by atoms with Gasteiger partial charge < -0.3 is 5.73 Å². The smallest absolute Gasteiger partial charge is 0.312 e. The van der Waals surface area contributed by atoms with Crippen LogP contribution in [0.2, 0.25) is 0 Å². The first-order valence-electron chi connectivity index (χ1n) is 6.13. The van der Waals surface area contributed by atoms with Gasteiger partial charge in [-0.2, -0.15) is 23.5 Å². The number of nitro groups is 1. The Kier molecular flexibility index (Phi) is 5.36. The molecule has 7 nitrogen and oxygen atoms in total. The highest BCUT2D eigenvalue weighted by atomic mass is 32.2. The number of anilines is 1. The monoisotopic (exact) mass is 349 g/mol. The lowest BCUT2D eigenvalue weighted by Gasteiger charge is -2.21. The van der Waals surface area contributed by atoms with Crippen molar-refractivity contribution in [3.63, 3.8) is 0 Å². The molecular weight excluding hydrogens is 334 g/mol. The number of nitrogens with one attached hydrogen (secondary N) is 1. The minimum Gasteiger partial charge on any atom is -0.393 e. The predicted molar refractivity (Wildman–Crippen MR) is 86.3 cm³/mol. The van der Waals surface area contributed by atoms with Crippen molar-refractivity contribution in [1.82, 2.24) is 4.72 Å². The van der Waals surface area contributed by atoms with E-state index in [1.807, 2.05) is 0 Å². The highest BCUT2D eigenvalue weighted by molar-refractivity contribution is 8.06. The molecule has 1 aromatic rings. The predicted octanol–water partition coefficient (Wildman–Crippen LogP) is 1.30. The summed E-state index contributed by atoms with van der Waals surface area (Å²) in [7, 11) is -3.95. The lowest BCUT2D eigenvalue weighted by molar-refractivity contribution is -0.386. The molecule has 10 heteroatoms. The summed E-state index contributed by atoms with van der Waals surface area (Å²) in [5.74, 6) is 2.91. The van der Waals surface area contributed by atoms with Gasteiger partial charge in [0.05, 0.1) is 4.92 Å². The molecule has 1 saturated heterocycles. The Morgan fingerprint density at radius 1 is 1.43 bits per heavy atom. The molecule has 2 rings (SSSR count). The summed E-state index contributed by atoms with van der Waals surface area (Å²) in [5.41, 5.74) is 4.78. The van der Waals surface area contributed by atoms with Crippen LogP contribution in [0.15, 0.2) is 23.1 Å². The Bertz CT molecular complexity index is 630. The maximum atomic E-state index is 12.3. The third-order valence-electron chi connectivity index (χ3n) is 2.89. The summed E-state index contributed by atoms with van der Waals surface area (Å²) in [6.07, 6.45) is 0. The second kappa shape index (κ2) is 6.86. The summed E-state index contributed by atoms with van der Waals surface area (Å²) < 4.78 is 27.0.